The Bertz CT molecular complexity index is 1010. The molecule has 0 radical (unpaired) electrons. The first kappa shape index (κ1) is 20.6. The summed E-state index contributed by atoms with van der Waals surface area (Å²) in [7, 11) is 0. The first-order valence-electron chi connectivity index (χ1n) is 10.3. The molecule has 3 aromatic carbocycles. The predicted octanol–water partition coefficient (Wildman–Crippen LogP) is 6.99. The second-order valence-corrected chi connectivity index (χ2v) is 8.29. The number of ether oxygens (including phenoxy) is 1. The lowest BCUT2D eigenvalue weighted by molar-refractivity contribution is 0.0929. The van der Waals surface area contributed by atoms with Gasteiger partial charge in [0.05, 0.1) is 13.2 Å². The Labute approximate surface area is 183 Å². The van der Waals surface area contributed by atoms with Crippen LogP contribution in [-0.4, -0.2) is 12.4 Å². The minimum Gasteiger partial charge on any atom is -0.376 e. The summed E-state index contributed by atoms with van der Waals surface area (Å²) in [6.07, 6.45) is 1.79. The van der Waals surface area contributed by atoms with Gasteiger partial charge in [-0.3, -0.25) is 4.79 Å². The van der Waals surface area contributed by atoms with Gasteiger partial charge in [-0.25, -0.2) is 0 Å². The van der Waals surface area contributed by atoms with E-state index in [1.807, 2.05) is 66.7 Å². The first-order chi connectivity index (χ1) is 14.6. The molecular weight excluding hydrogens is 392 g/mol. The van der Waals surface area contributed by atoms with Gasteiger partial charge in [-0.2, -0.15) is 0 Å². The molecule has 0 spiro atoms. The Morgan fingerprint density at radius 2 is 1.53 bits per heavy atom. The number of ketones is 1. The quantitative estimate of drug-likeness (QED) is 0.306. The standard InChI is InChI=1S/C27H25ClO2/c1-19-24(18-30-17-20-5-3-2-4-6-20)13-16-26(19)27(29)23-9-7-21(8-10-23)22-11-14-25(28)15-12-22/h2-12,14-15,24,26H,1,13,16-18H2. The molecule has 3 heteroatoms. The number of hydrogen-bond donors (Lipinski definition) is 0. The predicted molar refractivity (Wildman–Crippen MR) is 123 cm³/mol. The van der Waals surface area contributed by atoms with E-state index in [1.54, 1.807) is 0 Å². The van der Waals surface area contributed by atoms with Crippen LogP contribution in [0.4, 0.5) is 0 Å². The molecular formula is C27H25ClO2. The van der Waals surface area contributed by atoms with Gasteiger partial charge in [0.25, 0.3) is 0 Å². The molecule has 3 aromatic rings. The monoisotopic (exact) mass is 416 g/mol. The van der Waals surface area contributed by atoms with Crippen molar-refractivity contribution in [2.24, 2.45) is 11.8 Å². The number of benzene rings is 3. The van der Waals surface area contributed by atoms with Crippen LogP contribution in [0.25, 0.3) is 11.1 Å². The summed E-state index contributed by atoms with van der Waals surface area (Å²) in [6.45, 7) is 5.46. The summed E-state index contributed by atoms with van der Waals surface area (Å²) in [5.74, 6) is 0.293. The third kappa shape index (κ3) is 4.72. The fourth-order valence-corrected chi connectivity index (χ4v) is 4.20. The molecule has 1 fully saturated rings. The van der Waals surface area contributed by atoms with Crippen molar-refractivity contribution in [1.29, 1.82) is 0 Å². The number of hydrogen-bond acceptors (Lipinski definition) is 2. The van der Waals surface area contributed by atoms with Crippen molar-refractivity contribution in [3.63, 3.8) is 0 Å². The van der Waals surface area contributed by atoms with Crippen LogP contribution in [0.2, 0.25) is 5.02 Å². The smallest absolute Gasteiger partial charge is 0.169 e. The van der Waals surface area contributed by atoms with Crippen molar-refractivity contribution in [2.75, 3.05) is 6.61 Å². The van der Waals surface area contributed by atoms with Crippen LogP contribution in [-0.2, 0) is 11.3 Å². The maximum absolute atomic E-state index is 13.1. The van der Waals surface area contributed by atoms with E-state index in [9.17, 15) is 4.79 Å². The second kappa shape index (κ2) is 9.42. The molecule has 0 heterocycles. The van der Waals surface area contributed by atoms with Gasteiger partial charge >= 0.3 is 0 Å². The van der Waals surface area contributed by atoms with Crippen molar-refractivity contribution in [3.05, 3.63) is 107 Å². The van der Waals surface area contributed by atoms with Crippen molar-refractivity contribution in [3.8, 4) is 11.1 Å². The van der Waals surface area contributed by atoms with E-state index in [1.165, 1.54) is 0 Å². The Balaban J connectivity index is 1.35. The lowest BCUT2D eigenvalue weighted by atomic mass is 9.90. The Kier molecular flexibility index (Phi) is 6.47. The molecule has 2 nitrogen and oxygen atoms in total. The molecule has 1 aliphatic carbocycles. The zero-order valence-electron chi connectivity index (χ0n) is 16.9. The van der Waals surface area contributed by atoms with Gasteiger partial charge in [0.2, 0.25) is 0 Å². The molecule has 0 aromatic heterocycles. The van der Waals surface area contributed by atoms with Gasteiger partial charge in [0.15, 0.2) is 5.78 Å². The Hall–Kier alpha value is -2.68. The van der Waals surface area contributed by atoms with Crippen LogP contribution in [0.5, 0.6) is 0 Å². The lowest BCUT2D eigenvalue weighted by Gasteiger charge is -2.15. The van der Waals surface area contributed by atoms with Crippen molar-refractivity contribution in [2.45, 2.75) is 19.4 Å². The number of rotatable bonds is 7. The lowest BCUT2D eigenvalue weighted by Crippen LogP contribution is -2.16. The van der Waals surface area contributed by atoms with Crippen LogP contribution < -0.4 is 0 Å². The molecule has 1 aliphatic rings. The zero-order valence-corrected chi connectivity index (χ0v) is 17.6. The number of Topliss-reactive ketones (excluding diaryl/α,β-unsaturated/α-hetero) is 1. The molecule has 1 saturated carbocycles. The summed E-state index contributed by atoms with van der Waals surface area (Å²) >= 11 is 5.97. The van der Waals surface area contributed by atoms with E-state index in [2.05, 4.69) is 18.7 Å². The maximum Gasteiger partial charge on any atom is 0.169 e. The highest BCUT2D eigenvalue weighted by atomic mass is 35.5. The van der Waals surface area contributed by atoms with E-state index >= 15 is 0 Å². The highest BCUT2D eigenvalue weighted by molar-refractivity contribution is 6.30. The van der Waals surface area contributed by atoms with Crippen molar-refractivity contribution >= 4 is 17.4 Å². The van der Waals surface area contributed by atoms with Gasteiger partial charge < -0.3 is 4.74 Å². The highest BCUT2D eigenvalue weighted by Gasteiger charge is 2.34. The first-order valence-corrected chi connectivity index (χ1v) is 10.7. The average Bonchev–Trinajstić information content (AvgIpc) is 3.15. The molecule has 0 aliphatic heterocycles. The summed E-state index contributed by atoms with van der Waals surface area (Å²) in [5, 5.41) is 0.715. The van der Waals surface area contributed by atoms with Gasteiger partial charge in [-0.05, 0) is 41.7 Å². The van der Waals surface area contributed by atoms with Crippen LogP contribution in [0.15, 0.2) is 91.0 Å². The third-order valence-electron chi connectivity index (χ3n) is 5.87. The van der Waals surface area contributed by atoms with Crippen molar-refractivity contribution in [1.82, 2.24) is 0 Å². The van der Waals surface area contributed by atoms with Gasteiger partial charge in [0, 0.05) is 22.4 Å². The molecule has 4 rings (SSSR count). The Morgan fingerprint density at radius 1 is 0.900 bits per heavy atom. The molecule has 2 atom stereocenters. The molecule has 0 saturated heterocycles. The average molecular weight is 417 g/mol. The largest absolute Gasteiger partial charge is 0.376 e. The van der Waals surface area contributed by atoms with Gasteiger partial charge in [0.1, 0.15) is 0 Å². The molecule has 152 valence electrons. The van der Waals surface area contributed by atoms with Crippen LogP contribution in [0.3, 0.4) is 0 Å². The fourth-order valence-electron chi connectivity index (χ4n) is 4.08. The fraction of sp³-hybridized carbons (Fsp3) is 0.222. The number of carbonyl (C=O) groups is 1. The minimum atomic E-state index is -0.114. The zero-order chi connectivity index (χ0) is 20.9. The van der Waals surface area contributed by atoms with E-state index < -0.39 is 0 Å². The number of carbonyl (C=O) groups excluding carboxylic acids is 1. The minimum absolute atomic E-state index is 0.114. The highest BCUT2D eigenvalue weighted by Crippen LogP contribution is 2.38. The third-order valence-corrected chi connectivity index (χ3v) is 6.12. The van der Waals surface area contributed by atoms with Gasteiger partial charge in [-0.15, -0.1) is 0 Å². The molecule has 0 bridgehead atoms. The Morgan fingerprint density at radius 3 is 2.20 bits per heavy atom. The van der Waals surface area contributed by atoms with E-state index in [0.29, 0.717) is 18.2 Å². The second-order valence-electron chi connectivity index (χ2n) is 7.85. The van der Waals surface area contributed by atoms with Crippen molar-refractivity contribution < 1.29 is 9.53 Å². The molecule has 30 heavy (non-hydrogen) atoms. The summed E-state index contributed by atoms with van der Waals surface area (Å²) in [6, 6.07) is 25.7. The van der Waals surface area contributed by atoms with E-state index in [4.69, 9.17) is 16.3 Å². The molecule has 0 N–H and O–H groups in total. The van der Waals surface area contributed by atoms with Gasteiger partial charge in [-0.1, -0.05) is 90.5 Å². The van der Waals surface area contributed by atoms with E-state index in [0.717, 1.165) is 40.7 Å². The molecule has 0 amide bonds. The maximum atomic E-state index is 13.1. The van der Waals surface area contributed by atoms with E-state index in [-0.39, 0.29) is 17.6 Å². The normalized spacial score (nSPS) is 18.5. The molecule has 2 unspecified atom stereocenters. The number of halogens is 1. The SMILES string of the molecule is C=C1C(COCc2ccccc2)CCC1C(=O)c1ccc(-c2ccc(Cl)cc2)cc1. The topological polar surface area (TPSA) is 26.3 Å². The van der Waals surface area contributed by atoms with Crippen LogP contribution >= 0.6 is 11.6 Å². The van der Waals surface area contributed by atoms with Crippen LogP contribution in [0, 0.1) is 11.8 Å². The summed E-state index contributed by atoms with van der Waals surface area (Å²) < 4.78 is 5.90. The summed E-state index contributed by atoms with van der Waals surface area (Å²) in [4.78, 5) is 13.1. The van der Waals surface area contributed by atoms with Crippen LogP contribution in [0.1, 0.15) is 28.8 Å². The summed E-state index contributed by atoms with van der Waals surface area (Å²) in [5.41, 5.74) is 5.06.